The van der Waals surface area contributed by atoms with Gasteiger partial charge >= 0.3 is 0 Å². The van der Waals surface area contributed by atoms with E-state index in [1.54, 1.807) is 6.20 Å². The molecule has 3 aromatic rings. The predicted molar refractivity (Wildman–Crippen MR) is 152 cm³/mol. The molecule has 0 unspecified atom stereocenters. The van der Waals surface area contributed by atoms with Crippen LogP contribution in [0.25, 0.3) is 10.9 Å². The van der Waals surface area contributed by atoms with Crippen LogP contribution >= 0.6 is 0 Å². The van der Waals surface area contributed by atoms with Crippen molar-refractivity contribution in [1.82, 2.24) is 24.7 Å². The van der Waals surface area contributed by atoms with Crippen LogP contribution in [0.3, 0.4) is 0 Å². The number of piperidine rings is 2. The number of anilines is 1. The molecule has 7 nitrogen and oxygen atoms in total. The monoisotopic (exact) mass is 510 g/mol. The largest absolute Gasteiger partial charge is 0.384 e. The first-order chi connectivity index (χ1) is 18.6. The first kappa shape index (κ1) is 24.7. The van der Waals surface area contributed by atoms with Crippen LogP contribution in [0.1, 0.15) is 42.7 Å². The number of hydrogen-bond acceptors (Lipinski definition) is 5. The number of nitrogens with zero attached hydrogens (tertiary/aromatic N) is 4. The normalized spacial score (nSPS) is 19.5. The maximum Gasteiger partial charge on any atom is 0.225 e. The molecular weight excluding hydrogens is 472 g/mol. The second-order valence-corrected chi connectivity index (χ2v) is 11.0. The minimum absolute atomic E-state index is 0.151. The lowest BCUT2D eigenvalue weighted by atomic mass is 9.88. The molecule has 0 bridgehead atoms. The molecule has 0 aliphatic carbocycles. The summed E-state index contributed by atoms with van der Waals surface area (Å²) in [4.78, 5) is 22.1. The molecule has 7 heteroatoms. The minimum Gasteiger partial charge on any atom is -0.384 e. The molecule has 2 saturated heterocycles. The van der Waals surface area contributed by atoms with Crippen molar-refractivity contribution in [3.63, 3.8) is 0 Å². The van der Waals surface area contributed by atoms with Crippen molar-refractivity contribution >= 4 is 22.6 Å². The topological polar surface area (TPSA) is 79.4 Å². The minimum atomic E-state index is 0.151. The maximum absolute atomic E-state index is 13.4. The second-order valence-electron chi connectivity index (χ2n) is 11.0. The number of benzene rings is 1. The molecule has 198 valence electrons. The van der Waals surface area contributed by atoms with Crippen molar-refractivity contribution in [2.75, 3.05) is 38.5 Å². The number of nitrogens with one attached hydrogen (secondary N) is 1. The van der Waals surface area contributed by atoms with E-state index < -0.39 is 0 Å². The summed E-state index contributed by atoms with van der Waals surface area (Å²) in [6.45, 7) is 6.24. The van der Waals surface area contributed by atoms with Gasteiger partial charge in [0.25, 0.3) is 0 Å². The van der Waals surface area contributed by atoms with Crippen molar-refractivity contribution in [3.05, 3.63) is 83.8 Å². The van der Waals surface area contributed by atoms with Gasteiger partial charge in [-0.25, -0.2) is 4.98 Å². The SMILES string of the molecule is Nc1cc(CN2CCC(C(=O)N3CCC(c4cn(CC5=CC=CCN5)c5ccccc45)CC3)CC2)ccn1. The highest BCUT2D eigenvalue weighted by molar-refractivity contribution is 5.85. The van der Waals surface area contributed by atoms with Gasteiger partial charge in [-0.2, -0.15) is 0 Å². The third-order valence-corrected chi connectivity index (χ3v) is 8.48. The zero-order chi connectivity index (χ0) is 25.9. The zero-order valence-electron chi connectivity index (χ0n) is 22.1. The number of dihydropyridines is 1. The second kappa shape index (κ2) is 11.0. The van der Waals surface area contributed by atoms with Crippen molar-refractivity contribution in [1.29, 1.82) is 0 Å². The molecule has 0 saturated carbocycles. The van der Waals surface area contributed by atoms with Crippen molar-refractivity contribution in [3.8, 4) is 0 Å². The summed E-state index contributed by atoms with van der Waals surface area (Å²) in [5, 5.41) is 4.84. The first-order valence-electron chi connectivity index (χ1n) is 14.0. The van der Waals surface area contributed by atoms with E-state index in [1.165, 1.54) is 27.7 Å². The van der Waals surface area contributed by atoms with E-state index in [0.717, 1.165) is 71.5 Å². The molecule has 1 amide bonds. The standard InChI is InChI=1S/C31H38N6O/c32-30-19-23(8-14-34-30)20-35-15-9-25(10-16-35)31(38)36-17-11-24(12-18-36)28-22-37(21-26-5-3-4-13-33-26)29-7-2-1-6-27(28)29/h1-8,14,19,22,24-25,33H,9-13,15-18,20-21H2,(H2,32,34). The molecule has 0 atom stereocenters. The van der Waals surface area contributed by atoms with E-state index in [-0.39, 0.29) is 5.92 Å². The summed E-state index contributed by atoms with van der Waals surface area (Å²) >= 11 is 0. The van der Waals surface area contributed by atoms with Gasteiger partial charge in [-0.1, -0.05) is 30.4 Å². The van der Waals surface area contributed by atoms with Crippen LogP contribution in [0.2, 0.25) is 0 Å². The van der Waals surface area contributed by atoms with Crippen LogP contribution in [0.4, 0.5) is 5.82 Å². The van der Waals surface area contributed by atoms with E-state index in [1.807, 2.05) is 12.1 Å². The van der Waals surface area contributed by atoms with Crippen LogP contribution in [0, 0.1) is 5.92 Å². The number of hydrogen-bond donors (Lipinski definition) is 2. The fourth-order valence-corrected chi connectivity index (χ4v) is 6.38. The summed E-state index contributed by atoms with van der Waals surface area (Å²) in [5.41, 5.74) is 11.0. The van der Waals surface area contributed by atoms with Crippen molar-refractivity contribution in [2.45, 2.75) is 44.7 Å². The third-order valence-electron chi connectivity index (χ3n) is 8.48. The average Bonchev–Trinajstić information content (AvgIpc) is 3.32. The number of amides is 1. The van der Waals surface area contributed by atoms with Crippen molar-refractivity contribution in [2.24, 2.45) is 5.92 Å². The Balaban J connectivity index is 1.05. The lowest BCUT2D eigenvalue weighted by molar-refractivity contribution is -0.138. The van der Waals surface area contributed by atoms with E-state index in [2.05, 4.69) is 73.4 Å². The van der Waals surface area contributed by atoms with Crippen LogP contribution in [-0.4, -0.2) is 58.0 Å². The number of nitrogens with two attached hydrogens (primary N) is 1. The Labute approximate surface area is 225 Å². The van der Waals surface area contributed by atoms with Crippen LogP contribution < -0.4 is 11.1 Å². The highest BCUT2D eigenvalue weighted by atomic mass is 16.2. The van der Waals surface area contributed by atoms with Gasteiger partial charge < -0.3 is 20.5 Å². The van der Waals surface area contributed by atoms with Crippen LogP contribution in [0.15, 0.2) is 72.7 Å². The molecular formula is C31H38N6O. The van der Waals surface area contributed by atoms with Gasteiger partial charge in [0.05, 0.1) is 6.54 Å². The van der Waals surface area contributed by atoms with Gasteiger partial charge in [0.1, 0.15) is 5.82 Å². The molecule has 3 aliphatic heterocycles. The molecule has 38 heavy (non-hydrogen) atoms. The Morgan fingerprint density at radius 3 is 2.61 bits per heavy atom. The quantitative estimate of drug-likeness (QED) is 0.518. The average molecular weight is 511 g/mol. The Kier molecular flexibility index (Phi) is 7.18. The molecule has 0 radical (unpaired) electrons. The number of likely N-dealkylation sites (tertiary alicyclic amines) is 2. The number of fused-ring (bicyclic) bond motifs is 1. The number of carbonyl (C=O) groups is 1. The lowest BCUT2D eigenvalue weighted by Gasteiger charge is -2.37. The number of rotatable bonds is 6. The fraction of sp³-hybridized carbons (Fsp3) is 0.419. The summed E-state index contributed by atoms with van der Waals surface area (Å²) in [7, 11) is 0. The van der Waals surface area contributed by atoms with Gasteiger partial charge in [-0.15, -0.1) is 0 Å². The molecule has 3 N–H and O–H groups in total. The third kappa shape index (κ3) is 5.34. The molecule has 6 rings (SSSR count). The molecule has 2 fully saturated rings. The van der Waals surface area contributed by atoms with Crippen LogP contribution in [-0.2, 0) is 17.9 Å². The Morgan fingerprint density at radius 2 is 1.84 bits per heavy atom. The van der Waals surface area contributed by atoms with E-state index in [9.17, 15) is 4.79 Å². The Morgan fingerprint density at radius 1 is 1.03 bits per heavy atom. The molecule has 1 aromatic carbocycles. The number of aromatic nitrogens is 2. The molecule has 0 spiro atoms. The van der Waals surface area contributed by atoms with E-state index in [4.69, 9.17) is 5.73 Å². The maximum atomic E-state index is 13.4. The lowest BCUT2D eigenvalue weighted by Crippen LogP contribution is -2.45. The highest BCUT2D eigenvalue weighted by Crippen LogP contribution is 2.35. The van der Waals surface area contributed by atoms with Crippen LogP contribution in [0.5, 0.6) is 0 Å². The van der Waals surface area contributed by atoms with Gasteiger partial charge in [-0.05, 0) is 80.1 Å². The highest BCUT2D eigenvalue weighted by Gasteiger charge is 2.32. The zero-order valence-corrected chi connectivity index (χ0v) is 22.1. The summed E-state index contributed by atoms with van der Waals surface area (Å²) in [6.07, 6.45) is 14.5. The van der Waals surface area contributed by atoms with Gasteiger partial charge in [-0.3, -0.25) is 9.69 Å². The number of carbonyl (C=O) groups excluding carboxylic acids is 1. The number of nitrogen functional groups attached to an aromatic ring is 1. The summed E-state index contributed by atoms with van der Waals surface area (Å²) in [6, 6.07) is 12.7. The van der Waals surface area contributed by atoms with Gasteiger partial charge in [0.15, 0.2) is 0 Å². The fourth-order valence-electron chi connectivity index (χ4n) is 6.38. The Bertz CT molecular complexity index is 1340. The predicted octanol–water partition coefficient (Wildman–Crippen LogP) is 4.28. The van der Waals surface area contributed by atoms with Gasteiger partial charge in [0.2, 0.25) is 5.91 Å². The molecule has 2 aromatic heterocycles. The molecule has 5 heterocycles. The van der Waals surface area contributed by atoms with E-state index in [0.29, 0.717) is 17.6 Å². The summed E-state index contributed by atoms with van der Waals surface area (Å²) in [5.74, 6) is 1.57. The number of pyridine rings is 1. The van der Waals surface area contributed by atoms with Gasteiger partial charge in [0, 0.05) is 61.1 Å². The number of allylic oxidation sites excluding steroid dienone is 3. The molecule has 3 aliphatic rings. The summed E-state index contributed by atoms with van der Waals surface area (Å²) < 4.78 is 2.38. The Hall–Kier alpha value is -3.58. The first-order valence-corrected chi connectivity index (χ1v) is 14.0. The van der Waals surface area contributed by atoms with Crippen molar-refractivity contribution < 1.29 is 4.79 Å². The number of para-hydroxylation sites is 1. The van der Waals surface area contributed by atoms with E-state index >= 15 is 0 Å². The smallest absolute Gasteiger partial charge is 0.225 e.